The van der Waals surface area contributed by atoms with Crippen LogP contribution in [0, 0.1) is 68.0 Å². The quantitative estimate of drug-likeness (QED) is 0.679. The molecule has 0 radical (unpaired) electrons. The molecule has 0 aromatic heterocycles. The lowest BCUT2D eigenvalue weighted by Crippen LogP contribution is -2.56. The van der Waals surface area contributed by atoms with E-state index in [2.05, 4.69) is 0 Å². The Hall–Kier alpha value is -2.83. The summed E-state index contributed by atoms with van der Waals surface area (Å²) in [7, 11) is 0. The number of hydrogen-bond acceptors (Lipinski definition) is 5. The van der Waals surface area contributed by atoms with Crippen molar-refractivity contribution >= 4 is 5.91 Å². The maximum Gasteiger partial charge on any atom is 0.226 e. The molecule has 3 rings (SSSR count). The summed E-state index contributed by atoms with van der Waals surface area (Å²) < 4.78 is 0. The van der Waals surface area contributed by atoms with Crippen molar-refractivity contribution < 1.29 is 4.79 Å². The van der Waals surface area contributed by atoms with Gasteiger partial charge in [0.25, 0.3) is 0 Å². The molecule has 3 atom stereocenters. The highest BCUT2D eigenvalue weighted by Crippen LogP contribution is 2.58. The van der Waals surface area contributed by atoms with Gasteiger partial charge >= 0.3 is 0 Å². The lowest BCUT2D eigenvalue weighted by atomic mass is 9.51. The average molecular weight is 293 g/mol. The van der Waals surface area contributed by atoms with Crippen molar-refractivity contribution in [3.63, 3.8) is 0 Å². The predicted molar refractivity (Wildman–Crippen MR) is 74.9 cm³/mol. The summed E-state index contributed by atoms with van der Waals surface area (Å²) in [5, 5.41) is 38.9. The number of nitriles is 4. The monoisotopic (exact) mass is 293 g/mol. The number of likely N-dealkylation sites (N-methyl/N-ethyl adjacent to an activating group) is 1. The van der Waals surface area contributed by atoms with Gasteiger partial charge in [0.2, 0.25) is 5.91 Å². The summed E-state index contributed by atoms with van der Waals surface area (Å²) in [5.41, 5.74) is -3.04. The molecule has 110 valence electrons. The second-order valence-corrected chi connectivity index (χ2v) is 5.81. The summed E-state index contributed by atoms with van der Waals surface area (Å²) in [6, 6.07) is 6.80. The van der Waals surface area contributed by atoms with Gasteiger partial charge < -0.3 is 4.90 Å². The summed E-state index contributed by atoms with van der Waals surface area (Å²) in [5.74, 6) is -1.63. The molecule has 2 aliphatic heterocycles. The minimum atomic E-state index is -1.89. The molecule has 22 heavy (non-hydrogen) atoms. The molecule has 2 bridgehead atoms. The third-order valence-electron chi connectivity index (χ3n) is 5.00. The fraction of sp³-hybridized carbons (Fsp3) is 0.562. The van der Waals surface area contributed by atoms with E-state index in [1.807, 2.05) is 24.3 Å². The molecule has 2 heterocycles. The fourth-order valence-corrected chi connectivity index (χ4v) is 3.96. The number of rotatable bonds is 1. The molecular weight excluding hydrogens is 278 g/mol. The van der Waals surface area contributed by atoms with Gasteiger partial charge in [-0.1, -0.05) is 18.6 Å². The number of carbonyl (C=O) groups is 1. The molecule has 0 saturated carbocycles. The van der Waals surface area contributed by atoms with Crippen LogP contribution in [0.2, 0.25) is 0 Å². The van der Waals surface area contributed by atoms with Crippen molar-refractivity contribution in [2.45, 2.75) is 26.8 Å². The number of amides is 1. The van der Waals surface area contributed by atoms with Crippen LogP contribution in [-0.2, 0) is 4.79 Å². The second-order valence-electron chi connectivity index (χ2n) is 5.81. The Bertz CT molecular complexity index is 696. The molecule has 0 N–H and O–H groups in total. The molecule has 6 nitrogen and oxygen atoms in total. The van der Waals surface area contributed by atoms with E-state index in [1.165, 1.54) is 4.90 Å². The van der Waals surface area contributed by atoms with Crippen molar-refractivity contribution in [2.24, 2.45) is 22.7 Å². The second kappa shape index (κ2) is 4.87. The van der Waals surface area contributed by atoms with E-state index in [1.54, 1.807) is 26.8 Å². The highest BCUT2D eigenvalue weighted by molar-refractivity contribution is 5.82. The van der Waals surface area contributed by atoms with E-state index in [4.69, 9.17) is 0 Å². The van der Waals surface area contributed by atoms with Gasteiger partial charge in [-0.05, 0) is 13.8 Å². The molecule has 0 unspecified atom stereocenters. The first kappa shape index (κ1) is 15.6. The Morgan fingerprint density at radius 2 is 1.64 bits per heavy atom. The molecule has 0 aromatic carbocycles. The minimum Gasteiger partial charge on any atom is -0.333 e. The van der Waals surface area contributed by atoms with Crippen LogP contribution in [0.15, 0.2) is 11.6 Å². The number of allylic oxidation sites excluding steroid dienone is 1. The number of hydrogen-bond donors (Lipinski definition) is 0. The van der Waals surface area contributed by atoms with Gasteiger partial charge in [-0.2, -0.15) is 21.0 Å². The van der Waals surface area contributed by atoms with Crippen LogP contribution < -0.4 is 0 Å². The third kappa shape index (κ3) is 1.42. The molecule has 3 aliphatic rings. The smallest absolute Gasteiger partial charge is 0.226 e. The summed E-state index contributed by atoms with van der Waals surface area (Å²) in [4.78, 5) is 14.1. The van der Waals surface area contributed by atoms with Crippen molar-refractivity contribution in [3.8, 4) is 24.3 Å². The SMILES string of the molecule is CCN1C(=O)[C@@H](C)[C@@H]2C(C)=C[C@H]1C(C#N)(C#N)C2(C#N)C#N. The minimum absolute atomic E-state index is 0.229. The van der Waals surface area contributed by atoms with Gasteiger partial charge in [0, 0.05) is 18.4 Å². The number of fused-ring (bicyclic) bond motifs is 3. The normalized spacial score (nSPS) is 31.0. The van der Waals surface area contributed by atoms with Gasteiger partial charge in [-0.25, -0.2) is 0 Å². The zero-order valence-corrected chi connectivity index (χ0v) is 12.7. The van der Waals surface area contributed by atoms with Crippen LogP contribution in [0.4, 0.5) is 0 Å². The highest BCUT2D eigenvalue weighted by atomic mass is 16.2. The molecule has 1 amide bonds. The van der Waals surface area contributed by atoms with E-state index in [0.29, 0.717) is 12.1 Å². The van der Waals surface area contributed by atoms with Crippen molar-refractivity contribution in [3.05, 3.63) is 11.6 Å². The average Bonchev–Trinajstić information content (AvgIpc) is 2.66. The van der Waals surface area contributed by atoms with Crippen LogP contribution in [-0.4, -0.2) is 23.4 Å². The molecule has 6 heteroatoms. The number of nitrogens with zero attached hydrogens (tertiary/aromatic N) is 5. The number of carbonyl (C=O) groups excluding carboxylic acids is 1. The summed E-state index contributed by atoms with van der Waals surface area (Å²) >= 11 is 0. The van der Waals surface area contributed by atoms with Gasteiger partial charge in [0.05, 0.1) is 30.3 Å². The van der Waals surface area contributed by atoms with E-state index in [-0.39, 0.29) is 5.91 Å². The predicted octanol–water partition coefficient (Wildman–Crippen LogP) is 1.50. The van der Waals surface area contributed by atoms with Crippen LogP contribution in [0.3, 0.4) is 0 Å². The van der Waals surface area contributed by atoms with Crippen molar-refractivity contribution in [2.75, 3.05) is 6.54 Å². The fourth-order valence-electron chi connectivity index (χ4n) is 3.96. The lowest BCUT2D eigenvalue weighted by molar-refractivity contribution is -0.136. The maximum absolute atomic E-state index is 12.7. The molecule has 1 fully saturated rings. The zero-order valence-electron chi connectivity index (χ0n) is 12.7. The largest absolute Gasteiger partial charge is 0.333 e. The van der Waals surface area contributed by atoms with E-state index in [0.717, 1.165) is 0 Å². The topological polar surface area (TPSA) is 115 Å². The Balaban J connectivity index is 2.97. The molecule has 0 spiro atoms. The van der Waals surface area contributed by atoms with Crippen LogP contribution >= 0.6 is 0 Å². The van der Waals surface area contributed by atoms with Gasteiger partial charge in [0.1, 0.15) is 0 Å². The van der Waals surface area contributed by atoms with E-state index < -0.39 is 28.7 Å². The van der Waals surface area contributed by atoms with Crippen molar-refractivity contribution in [1.29, 1.82) is 21.0 Å². The Kier molecular flexibility index (Phi) is 3.44. The third-order valence-corrected chi connectivity index (χ3v) is 5.00. The lowest BCUT2D eigenvalue weighted by Gasteiger charge is -2.44. The first-order valence-electron chi connectivity index (χ1n) is 7.04. The zero-order chi connectivity index (χ0) is 16.7. The van der Waals surface area contributed by atoms with Gasteiger partial charge in [0.15, 0.2) is 10.8 Å². The maximum atomic E-state index is 12.7. The van der Waals surface area contributed by atoms with Crippen LogP contribution in [0.5, 0.6) is 0 Å². The summed E-state index contributed by atoms with van der Waals surface area (Å²) in [6.07, 6.45) is 1.70. The molecule has 0 aromatic rings. The standard InChI is InChI=1S/C16H15N5O/c1-4-21-12-5-10(2)13(11(3)14(21)22)16(8-19,9-20)15(12,6-17)7-18/h5,11-13H,4H2,1-3H3/t11-,12-,13-/m0/s1. The first-order valence-corrected chi connectivity index (χ1v) is 7.04. The Morgan fingerprint density at radius 3 is 2.05 bits per heavy atom. The van der Waals surface area contributed by atoms with Crippen molar-refractivity contribution in [1.82, 2.24) is 4.90 Å². The molecule has 1 saturated heterocycles. The van der Waals surface area contributed by atoms with E-state index >= 15 is 0 Å². The molecule has 1 aliphatic carbocycles. The van der Waals surface area contributed by atoms with E-state index in [9.17, 15) is 25.8 Å². The van der Waals surface area contributed by atoms with Crippen LogP contribution in [0.1, 0.15) is 20.8 Å². The highest BCUT2D eigenvalue weighted by Gasteiger charge is 2.70. The Labute approximate surface area is 129 Å². The summed E-state index contributed by atoms with van der Waals surface area (Å²) in [6.45, 7) is 5.47. The Morgan fingerprint density at radius 1 is 1.14 bits per heavy atom. The first-order chi connectivity index (χ1) is 10.4. The van der Waals surface area contributed by atoms with Gasteiger partial charge in [-0.3, -0.25) is 4.79 Å². The van der Waals surface area contributed by atoms with Gasteiger partial charge in [-0.15, -0.1) is 0 Å². The molecular formula is C16H15N5O. The van der Waals surface area contributed by atoms with Crippen LogP contribution in [0.25, 0.3) is 0 Å².